The quantitative estimate of drug-likeness (QED) is 0.617. The fraction of sp³-hybridized carbons (Fsp3) is 0.517. The molecule has 2 aromatic rings. The fourth-order valence-electron chi connectivity index (χ4n) is 6.84. The van der Waals surface area contributed by atoms with Gasteiger partial charge in [-0.2, -0.15) is 5.26 Å². The van der Waals surface area contributed by atoms with Gasteiger partial charge in [0.15, 0.2) is 5.60 Å². The van der Waals surface area contributed by atoms with Crippen molar-refractivity contribution >= 4 is 5.91 Å². The molecule has 4 fully saturated rings. The SMILES string of the molecule is N#Cc1ccccc1CN1CCC(N2CCC3(CC2)O[C@@H]2CC[C@@H](c4cc(F)cc(F)c4)N2C3=O)CC1. The van der Waals surface area contributed by atoms with Crippen molar-refractivity contribution in [3.8, 4) is 6.07 Å². The van der Waals surface area contributed by atoms with Crippen LogP contribution in [0.1, 0.15) is 61.3 Å². The number of piperidine rings is 2. The Morgan fingerprint density at radius 3 is 2.38 bits per heavy atom. The second kappa shape index (κ2) is 9.79. The van der Waals surface area contributed by atoms with E-state index >= 15 is 0 Å². The van der Waals surface area contributed by atoms with Gasteiger partial charge in [0.1, 0.15) is 17.9 Å². The number of hydrogen-bond donors (Lipinski definition) is 0. The van der Waals surface area contributed by atoms with Crippen LogP contribution in [0.5, 0.6) is 0 Å². The van der Waals surface area contributed by atoms with Crippen molar-refractivity contribution in [1.29, 1.82) is 5.26 Å². The normalized spacial score (nSPS) is 26.5. The van der Waals surface area contributed by atoms with E-state index in [0.29, 0.717) is 37.3 Å². The van der Waals surface area contributed by atoms with E-state index in [2.05, 4.69) is 15.9 Å². The van der Waals surface area contributed by atoms with Crippen LogP contribution in [0.2, 0.25) is 0 Å². The number of nitrogens with zero attached hydrogens (tertiary/aromatic N) is 4. The highest BCUT2D eigenvalue weighted by atomic mass is 19.1. The van der Waals surface area contributed by atoms with Gasteiger partial charge in [-0.1, -0.05) is 18.2 Å². The van der Waals surface area contributed by atoms with E-state index in [4.69, 9.17) is 4.74 Å². The number of rotatable bonds is 4. The molecule has 0 bridgehead atoms. The van der Waals surface area contributed by atoms with Gasteiger partial charge in [-0.3, -0.25) is 9.69 Å². The number of likely N-dealkylation sites (tertiary alicyclic amines) is 2. The molecule has 4 aliphatic heterocycles. The van der Waals surface area contributed by atoms with E-state index < -0.39 is 17.2 Å². The van der Waals surface area contributed by atoms with Gasteiger partial charge >= 0.3 is 0 Å². The summed E-state index contributed by atoms with van der Waals surface area (Å²) in [7, 11) is 0. The van der Waals surface area contributed by atoms with Crippen LogP contribution in [0.25, 0.3) is 0 Å². The Morgan fingerprint density at radius 1 is 0.973 bits per heavy atom. The molecule has 0 aromatic heterocycles. The second-order valence-corrected chi connectivity index (χ2v) is 10.9. The monoisotopic (exact) mass is 506 g/mol. The lowest BCUT2D eigenvalue weighted by Crippen LogP contribution is -2.54. The average molecular weight is 507 g/mol. The first-order valence-electron chi connectivity index (χ1n) is 13.4. The summed E-state index contributed by atoms with van der Waals surface area (Å²) >= 11 is 0. The van der Waals surface area contributed by atoms with Crippen molar-refractivity contribution in [1.82, 2.24) is 14.7 Å². The van der Waals surface area contributed by atoms with Crippen molar-refractivity contribution in [3.63, 3.8) is 0 Å². The third kappa shape index (κ3) is 4.54. The molecular weight excluding hydrogens is 474 g/mol. The van der Waals surface area contributed by atoms with Crippen LogP contribution < -0.4 is 0 Å². The Morgan fingerprint density at radius 2 is 1.68 bits per heavy atom. The van der Waals surface area contributed by atoms with Gasteiger partial charge in [0, 0.05) is 31.7 Å². The highest BCUT2D eigenvalue weighted by Crippen LogP contribution is 2.48. The lowest BCUT2D eigenvalue weighted by atomic mass is 9.88. The minimum atomic E-state index is -0.812. The summed E-state index contributed by atoms with van der Waals surface area (Å²) in [5.41, 5.74) is 1.53. The first-order chi connectivity index (χ1) is 18.0. The topological polar surface area (TPSA) is 59.8 Å². The number of halogens is 2. The van der Waals surface area contributed by atoms with Crippen molar-refractivity contribution in [3.05, 3.63) is 70.8 Å². The molecule has 0 aliphatic carbocycles. The molecule has 8 heteroatoms. The Labute approximate surface area is 216 Å². The highest BCUT2D eigenvalue weighted by molar-refractivity contribution is 5.88. The van der Waals surface area contributed by atoms with E-state index in [1.807, 2.05) is 24.3 Å². The zero-order valence-corrected chi connectivity index (χ0v) is 20.9. The Bertz CT molecular complexity index is 1190. The maximum Gasteiger partial charge on any atom is 0.257 e. The molecule has 6 rings (SSSR count). The van der Waals surface area contributed by atoms with Crippen LogP contribution in [-0.4, -0.2) is 64.7 Å². The summed E-state index contributed by atoms with van der Waals surface area (Å²) in [6.07, 6.45) is 4.47. The van der Waals surface area contributed by atoms with Gasteiger partial charge in [-0.15, -0.1) is 0 Å². The van der Waals surface area contributed by atoms with E-state index in [9.17, 15) is 18.8 Å². The molecule has 2 aromatic carbocycles. The van der Waals surface area contributed by atoms with Gasteiger partial charge in [0.2, 0.25) is 0 Å². The number of nitriles is 1. The number of benzene rings is 2. The van der Waals surface area contributed by atoms with E-state index in [0.717, 1.165) is 62.8 Å². The lowest BCUT2D eigenvalue weighted by molar-refractivity contribution is -0.144. The minimum Gasteiger partial charge on any atom is -0.342 e. The minimum absolute atomic E-state index is 0.0182. The summed E-state index contributed by atoms with van der Waals surface area (Å²) in [6.45, 7) is 4.41. The number of fused-ring (bicyclic) bond motifs is 1. The van der Waals surface area contributed by atoms with Crippen molar-refractivity contribution in [2.75, 3.05) is 26.2 Å². The third-order valence-electron chi connectivity index (χ3n) is 8.80. The molecular formula is C29H32F2N4O2. The lowest BCUT2D eigenvalue weighted by Gasteiger charge is -2.44. The van der Waals surface area contributed by atoms with Gasteiger partial charge in [-0.25, -0.2) is 8.78 Å². The fourth-order valence-corrected chi connectivity index (χ4v) is 6.84. The predicted octanol–water partition coefficient (Wildman–Crippen LogP) is 4.36. The molecule has 4 heterocycles. The third-order valence-corrected chi connectivity index (χ3v) is 8.80. The molecule has 6 nitrogen and oxygen atoms in total. The van der Waals surface area contributed by atoms with Crippen LogP contribution in [0.3, 0.4) is 0 Å². The number of carbonyl (C=O) groups is 1. The van der Waals surface area contributed by atoms with E-state index in [1.54, 1.807) is 4.90 Å². The first-order valence-corrected chi connectivity index (χ1v) is 13.4. The van der Waals surface area contributed by atoms with E-state index in [-0.39, 0.29) is 18.2 Å². The van der Waals surface area contributed by atoms with Gasteiger partial charge in [0.05, 0.1) is 17.7 Å². The number of hydrogen-bond acceptors (Lipinski definition) is 5. The van der Waals surface area contributed by atoms with Crippen LogP contribution in [-0.2, 0) is 16.1 Å². The molecule has 2 atom stereocenters. The van der Waals surface area contributed by atoms with Crippen LogP contribution >= 0.6 is 0 Å². The maximum absolute atomic E-state index is 13.9. The van der Waals surface area contributed by atoms with Crippen LogP contribution in [0.15, 0.2) is 42.5 Å². The molecule has 0 unspecified atom stereocenters. The van der Waals surface area contributed by atoms with Gasteiger partial charge in [0.25, 0.3) is 5.91 Å². The molecule has 1 spiro atoms. The second-order valence-electron chi connectivity index (χ2n) is 10.9. The molecule has 1 amide bonds. The van der Waals surface area contributed by atoms with Crippen molar-refractivity contribution in [2.24, 2.45) is 0 Å². The van der Waals surface area contributed by atoms with Crippen molar-refractivity contribution in [2.45, 2.75) is 69.0 Å². The highest BCUT2D eigenvalue weighted by Gasteiger charge is 2.58. The zero-order valence-electron chi connectivity index (χ0n) is 20.9. The van der Waals surface area contributed by atoms with Crippen molar-refractivity contribution < 1.29 is 18.3 Å². The summed E-state index contributed by atoms with van der Waals surface area (Å²) in [5, 5.41) is 9.37. The Kier molecular flexibility index (Phi) is 6.47. The number of amides is 1. The smallest absolute Gasteiger partial charge is 0.257 e. The molecule has 194 valence electrons. The largest absolute Gasteiger partial charge is 0.342 e. The Balaban J connectivity index is 1.05. The molecule has 0 saturated carbocycles. The summed E-state index contributed by atoms with van der Waals surface area (Å²) in [5.74, 6) is -1.25. The predicted molar refractivity (Wildman–Crippen MR) is 133 cm³/mol. The summed E-state index contributed by atoms with van der Waals surface area (Å²) < 4.78 is 34.1. The van der Waals surface area contributed by atoms with E-state index in [1.165, 1.54) is 12.1 Å². The summed E-state index contributed by atoms with van der Waals surface area (Å²) in [4.78, 5) is 20.3. The van der Waals surface area contributed by atoms with Crippen LogP contribution in [0.4, 0.5) is 8.78 Å². The average Bonchev–Trinajstić information content (AvgIpc) is 3.42. The molecule has 0 radical (unpaired) electrons. The molecule has 37 heavy (non-hydrogen) atoms. The Hall–Kier alpha value is -2.86. The molecule has 0 N–H and O–H groups in total. The first kappa shape index (κ1) is 24.5. The zero-order chi connectivity index (χ0) is 25.6. The number of ether oxygens (including phenoxy) is 1. The maximum atomic E-state index is 13.9. The van der Waals surface area contributed by atoms with Gasteiger partial charge < -0.3 is 14.5 Å². The summed E-state index contributed by atoms with van der Waals surface area (Å²) in [6, 6.07) is 13.8. The van der Waals surface area contributed by atoms with Gasteiger partial charge in [-0.05, 0) is 80.9 Å². The number of carbonyl (C=O) groups excluding carboxylic acids is 1. The van der Waals surface area contributed by atoms with Crippen LogP contribution in [0, 0.1) is 23.0 Å². The molecule has 4 aliphatic rings. The standard InChI is InChI=1S/C29H32F2N4O2/c30-23-15-22(16-24(31)17-23)26-5-6-27-35(26)28(36)29(37-27)9-13-34(14-10-29)25-7-11-33(12-8-25)19-21-4-2-1-3-20(21)18-32/h1-4,15-17,25-27H,5-14,19H2/t26-,27+/m0/s1. The molecule has 4 saturated heterocycles.